The standard InChI is InChI=1S/C19H27N5O3/c1-4-6-7-17-22-19(27-23-17)13-24(5-2)12-18(26)21-16-10-8-15(9-11-16)20-14(3)25/h8-11H,4-7,12-13H2,1-3H3,(H,20,25)(H,21,26). The van der Waals surface area contributed by atoms with E-state index in [0.29, 0.717) is 36.2 Å². The van der Waals surface area contributed by atoms with Gasteiger partial charge >= 0.3 is 0 Å². The first-order chi connectivity index (χ1) is 13.0. The Morgan fingerprint density at radius 2 is 1.78 bits per heavy atom. The first-order valence-corrected chi connectivity index (χ1v) is 9.21. The highest BCUT2D eigenvalue weighted by Gasteiger charge is 2.14. The number of benzene rings is 1. The average molecular weight is 373 g/mol. The molecule has 8 nitrogen and oxygen atoms in total. The zero-order valence-electron chi connectivity index (χ0n) is 16.1. The number of aryl methyl sites for hydroxylation is 1. The monoisotopic (exact) mass is 373 g/mol. The van der Waals surface area contributed by atoms with Crippen LogP contribution in [0, 0.1) is 0 Å². The van der Waals surface area contributed by atoms with Gasteiger partial charge in [0, 0.05) is 24.7 Å². The van der Waals surface area contributed by atoms with Gasteiger partial charge in [-0.25, -0.2) is 0 Å². The van der Waals surface area contributed by atoms with E-state index in [9.17, 15) is 9.59 Å². The molecule has 0 aliphatic heterocycles. The predicted molar refractivity (Wildman–Crippen MR) is 103 cm³/mol. The number of carbonyl (C=O) groups excluding carboxylic acids is 2. The van der Waals surface area contributed by atoms with Crippen molar-refractivity contribution in [1.29, 1.82) is 0 Å². The third kappa shape index (κ3) is 7.18. The molecule has 1 aromatic carbocycles. The number of unbranched alkanes of at least 4 members (excludes halogenated alkanes) is 1. The van der Waals surface area contributed by atoms with E-state index in [2.05, 4.69) is 27.7 Å². The maximum Gasteiger partial charge on any atom is 0.240 e. The predicted octanol–water partition coefficient (Wildman–Crippen LogP) is 2.83. The maximum absolute atomic E-state index is 12.3. The zero-order valence-corrected chi connectivity index (χ0v) is 16.1. The van der Waals surface area contributed by atoms with Crippen LogP contribution in [0.4, 0.5) is 11.4 Å². The van der Waals surface area contributed by atoms with Gasteiger partial charge in [-0.1, -0.05) is 25.4 Å². The molecule has 0 spiro atoms. The van der Waals surface area contributed by atoms with Crippen LogP contribution in [-0.4, -0.2) is 39.9 Å². The minimum Gasteiger partial charge on any atom is -0.338 e. The number of likely N-dealkylation sites (N-methyl/N-ethyl adjacent to an activating group) is 1. The third-order valence-electron chi connectivity index (χ3n) is 3.93. The number of amides is 2. The fourth-order valence-corrected chi connectivity index (χ4v) is 2.51. The summed E-state index contributed by atoms with van der Waals surface area (Å²) in [5, 5.41) is 9.50. The second-order valence-corrected chi connectivity index (χ2v) is 6.32. The smallest absolute Gasteiger partial charge is 0.240 e. The average Bonchev–Trinajstić information content (AvgIpc) is 3.08. The summed E-state index contributed by atoms with van der Waals surface area (Å²) in [5.41, 5.74) is 1.36. The molecule has 1 heterocycles. The van der Waals surface area contributed by atoms with Crippen LogP contribution in [-0.2, 0) is 22.6 Å². The van der Waals surface area contributed by atoms with Crippen LogP contribution in [0.25, 0.3) is 0 Å². The largest absolute Gasteiger partial charge is 0.338 e. The minimum atomic E-state index is -0.135. The molecule has 0 saturated heterocycles. The highest BCUT2D eigenvalue weighted by molar-refractivity contribution is 5.93. The van der Waals surface area contributed by atoms with E-state index < -0.39 is 0 Å². The molecule has 0 aliphatic rings. The van der Waals surface area contributed by atoms with E-state index in [4.69, 9.17) is 4.52 Å². The lowest BCUT2D eigenvalue weighted by molar-refractivity contribution is -0.117. The molecule has 0 fully saturated rings. The van der Waals surface area contributed by atoms with E-state index in [1.165, 1.54) is 6.92 Å². The van der Waals surface area contributed by atoms with E-state index in [1.807, 2.05) is 11.8 Å². The Kier molecular flexibility index (Phi) is 7.94. The summed E-state index contributed by atoms with van der Waals surface area (Å²) in [4.78, 5) is 29.6. The molecule has 146 valence electrons. The SMILES string of the molecule is CCCCc1noc(CN(CC)CC(=O)Nc2ccc(NC(C)=O)cc2)n1. The first kappa shape index (κ1) is 20.6. The summed E-state index contributed by atoms with van der Waals surface area (Å²) < 4.78 is 5.27. The number of aromatic nitrogens is 2. The Morgan fingerprint density at radius 3 is 2.37 bits per heavy atom. The van der Waals surface area contributed by atoms with Crippen molar-refractivity contribution in [3.05, 3.63) is 36.0 Å². The summed E-state index contributed by atoms with van der Waals surface area (Å²) in [6, 6.07) is 6.98. The second kappa shape index (κ2) is 10.4. The van der Waals surface area contributed by atoms with Gasteiger partial charge in [-0.3, -0.25) is 14.5 Å². The fourth-order valence-electron chi connectivity index (χ4n) is 2.51. The molecule has 0 atom stereocenters. The maximum atomic E-state index is 12.3. The number of hydrogen-bond donors (Lipinski definition) is 2. The van der Waals surface area contributed by atoms with Crippen LogP contribution in [0.2, 0.25) is 0 Å². The van der Waals surface area contributed by atoms with Crippen LogP contribution in [0.1, 0.15) is 45.3 Å². The molecule has 0 unspecified atom stereocenters. The highest BCUT2D eigenvalue weighted by atomic mass is 16.5. The van der Waals surface area contributed by atoms with Crippen molar-refractivity contribution in [2.75, 3.05) is 23.7 Å². The van der Waals surface area contributed by atoms with Crippen LogP contribution in [0.3, 0.4) is 0 Å². The molecule has 1 aromatic heterocycles. The number of anilines is 2. The van der Waals surface area contributed by atoms with Crippen molar-refractivity contribution in [3.8, 4) is 0 Å². The van der Waals surface area contributed by atoms with Crippen molar-refractivity contribution >= 4 is 23.2 Å². The van der Waals surface area contributed by atoms with Crippen molar-refractivity contribution in [3.63, 3.8) is 0 Å². The fraction of sp³-hybridized carbons (Fsp3) is 0.474. The van der Waals surface area contributed by atoms with E-state index in [0.717, 1.165) is 19.3 Å². The molecule has 2 N–H and O–H groups in total. The van der Waals surface area contributed by atoms with Crippen LogP contribution in [0.15, 0.2) is 28.8 Å². The molecule has 2 rings (SSSR count). The van der Waals surface area contributed by atoms with E-state index in [1.54, 1.807) is 24.3 Å². The minimum absolute atomic E-state index is 0.130. The van der Waals surface area contributed by atoms with Gasteiger partial charge in [0.1, 0.15) is 0 Å². The lowest BCUT2D eigenvalue weighted by atomic mass is 10.2. The quantitative estimate of drug-likeness (QED) is 0.664. The number of hydrogen-bond acceptors (Lipinski definition) is 6. The van der Waals surface area contributed by atoms with Gasteiger partial charge in [-0.2, -0.15) is 4.98 Å². The number of nitrogens with zero attached hydrogens (tertiary/aromatic N) is 3. The Labute approximate surface area is 159 Å². The summed E-state index contributed by atoms with van der Waals surface area (Å²) in [5.74, 6) is 0.973. The molecular weight excluding hydrogens is 346 g/mol. The molecular formula is C19H27N5O3. The molecule has 0 saturated carbocycles. The summed E-state index contributed by atoms with van der Waals surface area (Å²) in [7, 11) is 0. The Bertz CT molecular complexity index is 742. The van der Waals surface area contributed by atoms with E-state index >= 15 is 0 Å². The van der Waals surface area contributed by atoms with Gasteiger partial charge in [0.2, 0.25) is 17.7 Å². The van der Waals surface area contributed by atoms with Crippen LogP contribution in [0.5, 0.6) is 0 Å². The number of rotatable bonds is 10. The third-order valence-corrected chi connectivity index (χ3v) is 3.93. The summed E-state index contributed by atoms with van der Waals surface area (Å²) in [6.07, 6.45) is 2.91. The van der Waals surface area contributed by atoms with Gasteiger partial charge in [-0.05, 0) is 37.2 Å². The Balaban J connectivity index is 1.85. The van der Waals surface area contributed by atoms with Crippen molar-refractivity contribution < 1.29 is 14.1 Å². The van der Waals surface area contributed by atoms with Crippen molar-refractivity contribution in [2.45, 2.75) is 46.6 Å². The molecule has 2 aromatic rings. The number of nitrogens with one attached hydrogen (secondary N) is 2. The molecule has 27 heavy (non-hydrogen) atoms. The summed E-state index contributed by atoms with van der Waals surface area (Å²) in [6.45, 7) is 6.88. The van der Waals surface area contributed by atoms with Crippen LogP contribution >= 0.6 is 0 Å². The van der Waals surface area contributed by atoms with Gasteiger partial charge in [0.25, 0.3) is 0 Å². The molecule has 8 heteroatoms. The van der Waals surface area contributed by atoms with Gasteiger partial charge in [0.15, 0.2) is 5.82 Å². The van der Waals surface area contributed by atoms with Gasteiger partial charge in [-0.15, -0.1) is 0 Å². The first-order valence-electron chi connectivity index (χ1n) is 9.21. The second-order valence-electron chi connectivity index (χ2n) is 6.32. The molecule has 0 radical (unpaired) electrons. The highest BCUT2D eigenvalue weighted by Crippen LogP contribution is 2.13. The lowest BCUT2D eigenvalue weighted by Gasteiger charge is -2.17. The van der Waals surface area contributed by atoms with Crippen molar-refractivity contribution in [2.24, 2.45) is 0 Å². The normalized spacial score (nSPS) is 10.8. The molecule has 2 amide bonds. The molecule has 0 aliphatic carbocycles. The van der Waals surface area contributed by atoms with E-state index in [-0.39, 0.29) is 18.4 Å². The molecule has 0 bridgehead atoms. The van der Waals surface area contributed by atoms with Gasteiger partial charge in [0.05, 0.1) is 13.1 Å². The lowest BCUT2D eigenvalue weighted by Crippen LogP contribution is -2.32. The van der Waals surface area contributed by atoms with Crippen molar-refractivity contribution in [1.82, 2.24) is 15.0 Å². The zero-order chi connectivity index (χ0) is 19.6. The Morgan fingerprint density at radius 1 is 1.11 bits per heavy atom. The number of carbonyl (C=O) groups is 2. The van der Waals surface area contributed by atoms with Gasteiger partial charge < -0.3 is 15.2 Å². The topological polar surface area (TPSA) is 100 Å². The summed E-state index contributed by atoms with van der Waals surface area (Å²) >= 11 is 0. The Hall–Kier alpha value is -2.74. The van der Waals surface area contributed by atoms with Crippen LogP contribution < -0.4 is 10.6 Å².